The number of benzene rings is 2. The van der Waals surface area contributed by atoms with Crippen molar-refractivity contribution < 1.29 is 19.4 Å². The number of carboxylic acid groups (broad SMARTS) is 1. The minimum absolute atomic E-state index is 0.279. The summed E-state index contributed by atoms with van der Waals surface area (Å²) in [6.45, 7) is -0.501. The number of rotatable bonds is 6. The van der Waals surface area contributed by atoms with Gasteiger partial charge in [-0.3, -0.25) is 0 Å². The molecule has 158 valence electrons. The second-order valence-corrected chi connectivity index (χ2v) is 7.91. The second kappa shape index (κ2) is 10.2. The highest BCUT2D eigenvalue weighted by atomic mass is 35.5. The summed E-state index contributed by atoms with van der Waals surface area (Å²) in [7, 11) is 1.52. The Morgan fingerprint density at radius 3 is 2.63 bits per heavy atom. The van der Waals surface area contributed by atoms with E-state index < -0.39 is 12.6 Å². The molecule has 0 radical (unpaired) electrons. The summed E-state index contributed by atoms with van der Waals surface area (Å²) >= 11 is 8.02. The molecule has 4 rings (SSSR count). The van der Waals surface area contributed by atoms with Crippen LogP contribution in [-0.2, 0) is 4.79 Å². The molecule has 1 aliphatic rings. The van der Waals surface area contributed by atoms with Crippen molar-refractivity contribution in [2.45, 2.75) is 6.42 Å². The minimum Gasteiger partial charge on any atom is -0.496 e. The zero-order valence-electron chi connectivity index (χ0n) is 16.2. The Kier molecular flexibility index (Phi) is 7.42. The first-order valence-corrected chi connectivity index (χ1v) is 10.6. The Hall–Kier alpha value is -2.91. The first-order valence-electron chi connectivity index (χ1n) is 9.05. The van der Waals surface area contributed by atoms with E-state index in [1.54, 1.807) is 24.3 Å². The normalized spacial score (nSPS) is 12.3. The van der Waals surface area contributed by atoms with Crippen LogP contribution in [0.2, 0.25) is 5.02 Å². The lowest BCUT2D eigenvalue weighted by Crippen LogP contribution is -2.10. The summed E-state index contributed by atoms with van der Waals surface area (Å²) in [6.07, 6.45) is 2.85. The summed E-state index contributed by atoms with van der Waals surface area (Å²) in [6, 6.07) is 8.20. The van der Waals surface area contributed by atoms with Gasteiger partial charge in [0.1, 0.15) is 23.6 Å². The SMILES string of the molecule is C1CSC1.COc1cc(N)cc2ncnc(Nc3ccc(Cl)cc3OCC(=O)O)c12. The molecule has 0 atom stereocenters. The van der Waals surface area contributed by atoms with E-state index in [0.29, 0.717) is 38.9 Å². The van der Waals surface area contributed by atoms with Crippen molar-refractivity contribution in [3.63, 3.8) is 0 Å². The van der Waals surface area contributed by atoms with Gasteiger partial charge in [0.25, 0.3) is 0 Å². The van der Waals surface area contributed by atoms with Crippen LogP contribution in [0.25, 0.3) is 10.9 Å². The molecule has 1 fully saturated rings. The van der Waals surface area contributed by atoms with Gasteiger partial charge in [-0.2, -0.15) is 11.8 Å². The number of carbonyl (C=O) groups is 1. The van der Waals surface area contributed by atoms with E-state index >= 15 is 0 Å². The maximum Gasteiger partial charge on any atom is 0.341 e. The van der Waals surface area contributed by atoms with Gasteiger partial charge in [-0.25, -0.2) is 14.8 Å². The minimum atomic E-state index is -1.10. The number of aliphatic carboxylic acids is 1. The fourth-order valence-electron chi connectivity index (χ4n) is 2.56. The Morgan fingerprint density at radius 2 is 2.00 bits per heavy atom. The molecule has 30 heavy (non-hydrogen) atoms. The lowest BCUT2D eigenvalue weighted by Gasteiger charge is -2.15. The molecular weight excluding hydrogens is 428 g/mol. The summed E-state index contributed by atoms with van der Waals surface area (Å²) in [5.41, 5.74) is 7.46. The van der Waals surface area contributed by atoms with Gasteiger partial charge in [-0.1, -0.05) is 11.6 Å². The molecule has 0 bridgehead atoms. The van der Waals surface area contributed by atoms with E-state index in [1.165, 1.54) is 37.4 Å². The van der Waals surface area contributed by atoms with Crippen LogP contribution in [0.15, 0.2) is 36.7 Å². The molecule has 0 unspecified atom stereocenters. The zero-order chi connectivity index (χ0) is 21.5. The predicted octanol–water partition coefficient (Wildman–Crippen LogP) is 4.20. The highest BCUT2D eigenvalue weighted by molar-refractivity contribution is 8.00. The fourth-order valence-corrected chi connectivity index (χ4v) is 3.01. The molecule has 10 heteroatoms. The predicted molar refractivity (Wildman–Crippen MR) is 120 cm³/mol. The number of methoxy groups -OCH3 is 1. The number of nitrogens with one attached hydrogen (secondary N) is 1. The van der Waals surface area contributed by atoms with Gasteiger partial charge in [0.2, 0.25) is 0 Å². The second-order valence-electron chi connectivity index (χ2n) is 6.25. The highest BCUT2D eigenvalue weighted by Gasteiger charge is 2.14. The standard InChI is InChI=1S/C17H15ClN4O4.C3H6S/c1-25-14-6-10(19)5-12-16(14)17(21-8-20-12)22-11-3-2-9(18)4-13(11)26-7-15(23)24;1-2-4-3-1/h2-6,8H,7,19H2,1H3,(H,23,24)(H,20,21,22);1-3H2. The molecule has 8 nitrogen and oxygen atoms in total. The van der Waals surface area contributed by atoms with Crippen molar-refractivity contribution in [3.05, 3.63) is 41.7 Å². The van der Waals surface area contributed by atoms with Crippen LogP contribution in [0.5, 0.6) is 11.5 Å². The van der Waals surface area contributed by atoms with Crippen molar-refractivity contribution in [2.75, 3.05) is 36.3 Å². The number of anilines is 3. The molecule has 1 aromatic heterocycles. The third kappa shape index (κ3) is 5.58. The monoisotopic (exact) mass is 448 g/mol. The maximum atomic E-state index is 10.8. The third-order valence-corrected chi connectivity index (χ3v) is 5.46. The van der Waals surface area contributed by atoms with Gasteiger partial charge in [0, 0.05) is 22.8 Å². The molecule has 0 aliphatic carbocycles. The average molecular weight is 449 g/mol. The number of hydrogen-bond acceptors (Lipinski definition) is 8. The molecule has 1 aliphatic heterocycles. The number of halogens is 1. The van der Waals surface area contributed by atoms with E-state index in [1.807, 2.05) is 11.8 Å². The van der Waals surface area contributed by atoms with E-state index in [-0.39, 0.29) is 5.75 Å². The van der Waals surface area contributed by atoms with Gasteiger partial charge < -0.3 is 25.6 Å². The number of aromatic nitrogens is 2. The average Bonchev–Trinajstić information content (AvgIpc) is 2.66. The summed E-state index contributed by atoms with van der Waals surface area (Å²) < 4.78 is 10.7. The van der Waals surface area contributed by atoms with Crippen molar-refractivity contribution in [2.24, 2.45) is 0 Å². The van der Waals surface area contributed by atoms with Gasteiger partial charge in [-0.05, 0) is 36.1 Å². The Labute approximate surface area is 182 Å². The summed E-state index contributed by atoms with van der Waals surface area (Å²) in [4.78, 5) is 19.2. The van der Waals surface area contributed by atoms with Crippen molar-refractivity contribution >= 4 is 57.4 Å². The van der Waals surface area contributed by atoms with Crippen LogP contribution >= 0.6 is 23.4 Å². The van der Waals surface area contributed by atoms with E-state index in [9.17, 15) is 4.79 Å². The molecule has 2 heterocycles. The van der Waals surface area contributed by atoms with Crippen LogP contribution in [0, 0.1) is 0 Å². The van der Waals surface area contributed by atoms with Gasteiger partial charge >= 0.3 is 5.97 Å². The molecule has 3 aromatic rings. The smallest absolute Gasteiger partial charge is 0.341 e. The number of nitrogens with zero attached hydrogens (tertiary/aromatic N) is 2. The van der Waals surface area contributed by atoms with Crippen LogP contribution in [0.1, 0.15) is 6.42 Å². The third-order valence-electron chi connectivity index (χ3n) is 4.07. The molecular formula is C20H21ClN4O4S. The van der Waals surface area contributed by atoms with Gasteiger partial charge in [-0.15, -0.1) is 0 Å². The first-order chi connectivity index (χ1) is 14.5. The molecule has 0 spiro atoms. The molecule has 2 aromatic carbocycles. The fraction of sp³-hybridized carbons (Fsp3) is 0.250. The molecule has 1 saturated heterocycles. The van der Waals surface area contributed by atoms with Crippen molar-refractivity contribution in [1.29, 1.82) is 0 Å². The summed E-state index contributed by atoms with van der Waals surface area (Å²) in [5.74, 6) is 2.97. The largest absolute Gasteiger partial charge is 0.496 e. The number of nitrogen functional groups attached to an aromatic ring is 1. The van der Waals surface area contributed by atoms with Crippen molar-refractivity contribution in [3.8, 4) is 11.5 Å². The maximum absolute atomic E-state index is 10.8. The quantitative estimate of drug-likeness (QED) is 0.476. The number of thioether (sulfide) groups is 1. The lowest BCUT2D eigenvalue weighted by molar-refractivity contribution is -0.139. The number of fused-ring (bicyclic) bond motifs is 1. The van der Waals surface area contributed by atoms with Gasteiger partial charge in [0.05, 0.1) is 23.7 Å². The molecule has 4 N–H and O–H groups in total. The number of hydrogen-bond donors (Lipinski definition) is 3. The van der Waals surface area contributed by atoms with Gasteiger partial charge in [0.15, 0.2) is 6.61 Å². The Bertz CT molecular complexity index is 1040. The highest BCUT2D eigenvalue weighted by Crippen LogP contribution is 2.36. The van der Waals surface area contributed by atoms with E-state index in [0.717, 1.165) is 0 Å². The van der Waals surface area contributed by atoms with Crippen molar-refractivity contribution in [1.82, 2.24) is 9.97 Å². The summed E-state index contributed by atoms with van der Waals surface area (Å²) in [5, 5.41) is 13.0. The Morgan fingerprint density at radius 1 is 1.27 bits per heavy atom. The zero-order valence-corrected chi connectivity index (χ0v) is 17.8. The van der Waals surface area contributed by atoms with E-state index in [2.05, 4.69) is 15.3 Å². The Balaban J connectivity index is 0.000000572. The van der Waals surface area contributed by atoms with Crippen LogP contribution < -0.4 is 20.5 Å². The lowest BCUT2D eigenvalue weighted by atomic mass is 10.2. The van der Waals surface area contributed by atoms with Crippen LogP contribution in [0.3, 0.4) is 0 Å². The van der Waals surface area contributed by atoms with Crippen LogP contribution in [0.4, 0.5) is 17.2 Å². The first kappa shape index (κ1) is 21.8. The number of ether oxygens (including phenoxy) is 2. The molecule has 0 amide bonds. The number of carboxylic acids is 1. The number of nitrogens with two attached hydrogens (primary N) is 1. The van der Waals surface area contributed by atoms with E-state index in [4.69, 9.17) is 31.9 Å². The molecule has 0 saturated carbocycles. The van der Waals surface area contributed by atoms with Crippen LogP contribution in [-0.4, -0.2) is 46.3 Å². The topological polar surface area (TPSA) is 120 Å².